The summed E-state index contributed by atoms with van der Waals surface area (Å²) in [6, 6.07) is 3.18. The fraction of sp³-hybridized carbons (Fsp3) is 0.571. The van der Waals surface area contributed by atoms with E-state index < -0.39 is 5.28 Å². The van der Waals surface area contributed by atoms with Gasteiger partial charge in [-0.25, -0.2) is 5.43 Å². The molecule has 0 saturated carbocycles. The van der Waals surface area contributed by atoms with Crippen molar-refractivity contribution < 1.29 is 19.6 Å². The Hall–Kier alpha value is -2.37. The van der Waals surface area contributed by atoms with E-state index in [0.29, 0.717) is 12.6 Å². The van der Waals surface area contributed by atoms with Crippen LogP contribution in [0.1, 0.15) is 40.1 Å². The number of rotatable bonds is 6. The number of ketones is 2. The second-order valence-electron chi connectivity index (χ2n) is 8.49. The van der Waals surface area contributed by atoms with Gasteiger partial charge in [-0.1, -0.05) is 0 Å². The Morgan fingerprint density at radius 3 is 2.74 bits per heavy atom. The first-order valence-corrected chi connectivity index (χ1v) is 11.1. The van der Waals surface area contributed by atoms with Gasteiger partial charge in [-0.2, -0.15) is 10.3 Å². The summed E-state index contributed by atoms with van der Waals surface area (Å²) in [5.74, 6) is -0.720. The molecule has 31 heavy (non-hydrogen) atoms. The van der Waals surface area contributed by atoms with Crippen molar-refractivity contribution in [1.82, 2.24) is 25.2 Å². The van der Waals surface area contributed by atoms with E-state index in [9.17, 15) is 14.8 Å². The first kappa shape index (κ1) is 20.5. The highest BCUT2D eigenvalue weighted by Crippen LogP contribution is 2.26. The molecule has 3 aliphatic heterocycles. The average Bonchev–Trinajstić information content (AvgIpc) is 3.41. The van der Waals surface area contributed by atoms with Crippen molar-refractivity contribution in [3.63, 3.8) is 0 Å². The van der Waals surface area contributed by atoms with E-state index in [1.165, 1.54) is 17.6 Å². The van der Waals surface area contributed by atoms with Crippen LogP contribution in [-0.4, -0.2) is 89.9 Å². The quantitative estimate of drug-likeness (QED) is 0.551. The third kappa shape index (κ3) is 3.97. The van der Waals surface area contributed by atoms with E-state index in [-0.39, 0.29) is 34.2 Å². The van der Waals surface area contributed by atoms with Crippen LogP contribution in [0.15, 0.2) is 29.7 Å². The lowest BCUT2D eigenvalue weighted by molar-refractivity contribution is -0.993. The molecule has 10 nitrogen and oxygen atoms in total. The number of fused-ring (bicyclic) bond motifs is 1. The first-order chi connectivity index (χ1) is 15.1. The summed E-state index contributed by atoms with van der Waals surface area (Å²) in [4.78, 5) is 34.5. The summed E-state index contributed by atoms with van der Waals surface area (Å²) < 4.78 is 5.74. The minimum atomic E-state index is -0.416. The zero-order chi connectivity index (χ0) is 21.4. The van der Waals surface area contributed by atoms with Gasteiger partial charge in [-0.15, -0.1) is 0 Å². The Morgan fingerprint density at radius 2 is 1.97 bits per heavy atom. The molecule has 2 saturated heterocycles. The summed E-state index contributed by atoms with van der Waals surface area (Å²) in [5, 5.41) is 13.5. The SMILES string of the molecule is O=C1C2=C(C(=O)c3ncccc31)N(CCCN1CCN(CC3CCCO3)CC1)[NH+]([O-])N2. The van der Waals surface area contributed by atoms with Gasteiger partial charge >= 0.3 is 0 Å². The molecule has 0 radical (unpaired) electrons. The third-order valence-corrected chi connectivity index (χ3v) is 6.50. The number of pyridine rings is 1. The molecule has 2 N–H and O–H groups in total. The number of carbonyl (C=O) groups excluding carboxylic acids is 2. The van der Waals surface area contributed by atoms with Gasteiger partial charge < -0.3 is 14.8 Å². The lowest BCUT2D eigenvalue weighted by Gasteiger charge is -2.36. The number of allylic oxidation sites excluding steroid dienone is 2. The Kier molecular flexibility index (Phi) is 5.72. The molecular formula is C21H28N6O4. The van der Waals surface area contributed by atoms with Gasteiger partial charge in [-0.05, 0) is 31.4 Å². The van der Waals surface area contributed by atoms with E-state index in [0.717, 1.165) is 58.7 Å². The summed E-state index contributed by atoms with van der Waals surface area (Å²) in [5.41, 5.74) is 3.18. The zero-order valence-corrected chi connectivity index (χ0v) is 17.5. The van der Waals surface area contributed by atoms with Gasteiger partial charge in [0.05, 0.1) is 18.2 Å². The molecule has 0 amide bonds. The fourth-order valence-electron chi connectivity index (χ4n) is 4.82. The topological polar surface area (TPSA) is 106 Å². The number of hydrogen-bond acceptors (Lipinski definition) is 9. The Morgan fingerprint density at radius 1 is 1.16 bits per heavy atom. The van der Waals surface area contributed by atoms with Crippen molar-refractivity contribution in [3.05, 3.63) is 46.2 Å². The van der Waals surface area contributed by atoms with Crippen molar-refractivity contribution in [3.8, 4) is 0 Å². The minimum absolute atomic E-state index is 0.0817. The number of nitrogens with one attached hydrogen (secondary N) is 2. The molecule has 1 aromatic rings. The van der Waals surface area contributed by atoms with Gasteiger partial charge in [-0.3, -0.25) is 19.5 Å². The Labute approximate surface area is 180 Å². The minimum Gasteiger partial charge on any atom is -0.582 e. The second-order valence-corrected chi connectivity index (χ2v) is 8.49. The monoisotopic (exact) mass is 428 g/mol. The molecule has 2 fully saturated rings. The van der Waals surface area contributed by atoms with Crippen LogP contribution in [0, 0.1) is 5.21 Å². The average molecular weight is 428 g/mol. The molecule has 2 atom stereocenters. The molecule has 1 aliphatic carbocycles. The number of ether oxygens (including phenoxy) is 1. The highest BCUT2D eigenvalue weighted by molar-refractivity contribution is 6.25. The molecule has 166 valence electrons. The molecular weight excluding hydrogens is 400 g/mol. The standard InChI is InChI=1S/C21H28N6O4/c28-20-16-5-1-6-22-17(16)21(29)19-18(20)23-27(30)26(19)8-3-7-24-9-11-25(12-10-24)14-15-4-2-13-31-15/h1,5-6,15,23,27H,2-4,7-14H2. The van der Waals surface area contributed by atoms with Crippen LogP contribution in [0.2, 0.25) is 0 Å². The van der Waals surface area contributed by atoms with Crippen LogP contribution in [0.25, 0.3) is 0 Å². The molecule has 4 aliphatic rings. The predicted molar refractivity (Wildman–Crippen MR) is 111 cm³/mol. The van der Waals surface area contributed by atoms with Crippen LogP contribution in [0.4, 0.5) is 0 Å². The normalized spacial score (nSPS) is 26.9. The summed E-state index contributed by atoms with van der Waals surface area (Å²) in [7, 11) is 0. The van der Waals surface area contributed by atoms with Crippen molar-refractivity contribution in [2.24, 2.45) is 0 Å². The Bertz CT molecular complexity index is 892. The van der Waals surface area contributed by atoms with Crippen molar-refractivity contribution in [2.45, 2.75) is 25.4 Å². The number of hydrogen-bond donors (Lipinski definition) is 2. The number of nitrogens with zero attached hydrogens (tertiary/aromatic N) is 4. The van der Waals surface area contributed by atoms with Crippen molar-refractivity contribution in [1.29, 1.82) is 0 Å². The summed E-state index contributed by atoms with van der Waals surface area (Å²) >= 11 is 0. The molecule has 5 rings (SSSR count). The van der Waals surface area contributed by atoms with E-state index >= 15 is 0 Å². The smallest absolute Gasteiger partial charge is 0.235 e. The summed E-state index contributed by atoms with van der Waals surface area (Å²) in [6.07, 6.45) is 4.94. The maximum atomic E-state index is 12.9. The number of Topliss-reactive ketones (excluding diaryl/α,β-unsaturated/α-hetero) is 2. The maximum Gasteiger partial charge on any atom is 0.235 e. The van der Waals surface area contributed by atoms with Gasteiger partial charge in [0.1, 0.15) is 5.69 Å². The number of piperazine rings is 1. The lowest BCUT2D eigenvalue weighted by Crippen LogP contribution is -3.17. The van der Waals surface area contributed by atoms with Gasteiger partial charge in [0.25, 0.3) is 0 Å². The van der Waals surface area contributed by atoms with E-state index in [4.69, 9.17) is 4.74 Å². The number of carbonyl (C=O) groups is 2. The van der Waals surface area contributed by atoms with Gasteiger partial charge in [0.15, 0.2) is 11.4 Å². The van der Waals surface area contributed by atoms with Crippen LogP contribution in [-0.2, 0) is 4.74 Å². The predicted octanol–water partition coefficient (Wildman–Crippen LogP) is -1.02. The van der Waals surface area contributed by atoms with E-state index in [1.54, 1.807) is 12.1 Å². The number of quaternary nitrogens is 1. The first-order valence-electron chi connectivity index (χ1n) is 11.1. The van der Waals surface area contributed by atoms with Crippen molar-refractivity contribution in [2.75, 3.05) is 52.4 Å². The summed E-state index contributed by atoms with van der Waals surface area (Å²) in [6.45, 7) is 7.17. The van der Waals surface area contributed by atoms with Crippen LogP contribution >= 0.6 is 0 Å². The molecule has 2 unspecified atom stereocenters. The van der Waals surface area contributed by atoms with Crippen LogP contribution < -0.4 is 10.7 Å². The lowest BCUT2D eigenvalue weighted by atomic mass is 9.95. The van der Waals surface area contributed by atoms with Gasteiger partial charge in [0.2, 0.25) is 11.6 Å². The molecule has 4 heterocycles. The Balaban J connectivity index is 1.14. The largest absolute Gasteiger partial charge is 0.582 e. The highest BCUT2D eigenvalue weighted by atomic mass is 16.6. The molecule has 0 spiro atoms. The number of aromatic nitrogens is 1. The third-order valence-electron chi connectivity index (χ3n) is 6.50. The molecule has 10 heteroatoms. The maximum absolute atomic E-state index is 12.9. The second kappa shape index (κ2) is 8.64. The van der Waals surface area contributed by atoms with Crippen LogP contribution in [0.5, 0.6) is 0 Å². The zero-order valence-electron chi connectivity index (χ0n) is 17.5. The fourth-order valence-corrected chi connectivity index (χ4v) is 4.82. The molecule has 0 aromatic carbocycles. The highest BCUT2D eigenvalue weighted by Gasteiger charge is 2.44. The van der Waals surface area contributed by atoms with E-state index in [1.807, 2.05) is 0 Å². The van der Waals surface area contributed by atoms with E-state index in [2.05, 4.69) is 20.2 Å². The van der Waals surface area contributed by atoms with Crippen LogP contribution in [0.3, 0.4) is 0 Å². The van der Waals surface area contributed by atoms with Crippen molar-refractivity contribution >= 4 is 11.6 Å². The van der Waals surface area contributed by atoms with Gasteiger partial charge in [0, 0.05) is 52.1 Å². The molecule has 1 aromatic heterocycles. The molecule has 0 bridgehead atoms.